The minimum absolute atomic E-state index is 0.0969. The molecule has 0 aliphatic carbocycles. The molecule has 1 aromatic rings. The molecular weight excluding hydrogens is 242 g/mol. The van der Waals surface area contributed by atoms with Gasteiger partial charge in [0.2, 0.25) is 5.75 Å². The standard InChI is InChI=1S/C15H19NO3/c1-5-6-11(10-16)7-12-8-13(17-2)15(19-4)14(9-12)18-3/h5,8-9,11H,1,6-7H2,2-4H3/t11-/m1/s1. The van der Waals surface area contributed by atoms with Gasteiger partial charge in [-0.25, -0.2) is 0 Å². The van der Waals surface area contributed by atoms with Gasteiger partial charge in [-0.1, -0.05) is 6.08 Å². The van der Waals surface area contributed by atoms with Crippen molar-refractivity contribution in [1.29, 1.82) is 5.26 Å². The predicted octanol–water partition coefficient (Wildman–Crippen LogP) is 2.97. The van der Waals surface area contributed by atoms with Crippen LogP contribution in [0.5, 0.6) is 17.2 Å². The van der Waals surface area contributed by atoms with Gasteiger partial charge in [-0.2, -0.15) is 5.26 Å². The van der Waals surface area contributed by atoms with Crippen LogP contribution < -0.4 is 14.2 Å². The SMILES string of the molecule is C=CC[C@@H](C#N)Cc1cc(OC)c(OC)c(OC)c1. The number of benzene rings is 1. The highest BCUT2D eigenvalue weighted by Gasteiger charge is 2.15. The van der Waals surface area contributed by atoms with E-state index >= 15 is 0 Å². The molecule has 4 heteroatoms. The van der Waals surface area contributed by atoms with Crippen molar-refractivity contribution in [3.05, 3.63) is 30.4 Å². The van der Waals surface area contributed by atoms with Gasteiger partial charge in [-0.15, -0.1) is 6.58 Å². The Bertz CT molecular complexity index is 452. The zero-order valence-electron chi connectivity index (χ0n) is 11.6. The highest BCUT2D eigenvalue weighted by atomic mass is 16.5. The summed E-state index contributed by atoms with van der Waals surface area (Å²) >= 11 is 0. The molecule has 102 valence electrons. The molecule has 0 unspecified atom stereocenters. The molecular formula is C15H19NO3. The summed E-state index contributed by atoms with van der Waals surface area (Å²) in [4.78, 5) is 0. The molecule has 0 aliphatic heterocycles. The zero-order chi connectivity index (χ0) is 14.3. The normalized spacial score (nSPS) is 11.3. The predicted molar refractivity (Wildman–Crippen MR) is 73.7 cm³/mol. The number of methoxy groups -OCH3 is 3. The van der Waals surface area contributed by atoms with E-state index in [1.165, 1.54) is 0 Å². The lowest BCUT2D eigenvalue weighted by atomic mass is 9.97. The molecule has 0 aromatic heterocycles. The summed E-state index contributed by atoms with van der Waals surface area (Å²) in [6, 6.07) is 6.01. The summed E-state index contributed by atoms with van der Waals surface area (Å²) < 4.78 is 15.8. The van der Waals surface area contributed by atoms with Gasteiger partial charge >= 0.3 is 0 Å². The average molecular weight is 261 g/mol. The first-order chi connectivity index (χ1) is 9.19. The van der Waals surface area contributed by atoms with E-state index in [-0.39, 0.29) is 5.92 Å². The van der Waals surface area contributed by atoms with Gasteiger partial charge in [0.1, 0.15) is 0 Å². The van der Waals surface area contributed by atoms with Gasteiger partial charge in [0.15, 0.2) is 11.5 Å². The Morgan fingerprint density at radius 3 is 2.16 bits per heavy atom. The number of ether oxygens (including phenoxy) is 3. The maximum absolute atomic E-state index is 9.09. The van der Waals surface area contributed by atoms with Crippen LogP contribution in [0.25, 0.3) is 0 Å². The summed E-state index contributed by atoms with van der Waals surface area (Å²) in [5.41, 5.74) is 0.975. The second-order valence-electron chi connectivity index (χ2n) is 4.09. The average Bonchev–Trinajstić information content (AvgIpc) is 2.45. The molecule has 0 heterocycles. The topological polar surface area (TPSA) is 51.5 Å². The minimum Gasteiger partial charge on any atom is -0.493 e. The van der Waals surface area contributed by atoms with Crippen molar-refractivity contribution < 1.29 is 14.2 Å². The third kappa shape index (κ3) is 3.65. The molecule has 0 saturated heterocycles. The number of hydrogen-bond donors (Lipinski definition) is 0. The van der Waals surface area contributed by atoms with Gasteiger partial charge in [0, 0.05) is 0 Å². The van der Waals surface area contributed by atoms with Crippen molar-refractivity contribution in [1.82, 2.24) is 0 Å². The summed E-state index contributed by atoms with van der Waals surface area (Å²) in [5, 5.41) is 9.09. The third-order valence-corrected chi connectivity index (χ3v) is 2.84. The maximum Gasteiger partial charge on any atom is 0.203 e. The van der Waals surface area contributed by atoms with E-state index in [2.05, 4.69) is 12.6 Å². The summed E-state index contributed by atoms with van der Waals surface area (Å²) in [6.07, 6.45) is 3.04. The summed E-state index contributed by atoms with van der Waals surface area (Å²) in [5.74, 6) is 1.67. The van der Waals surface area contributed by atoms with Crippen LogP contribution in [0.4, 0.5) is 0 Å². The fraction of sp³-hybridized carbons (Fsp3) is 0.400. The first-order valence-electron chi connectivity index (χ1n) is 5.99. The second-order valence-corrected chi connectivity index (χ2v) is 4.09. The molecule has 0 saturated carbocycles. The number of nitriles is 1. The van der Waals surface area contributed by atoms with E-state index in [4.69, 9.17) is 19.5 Å². The molecule has 19 heavy (non-hydrogen) atoms. The molecule has 0 amide bonds. The van der Waals surface area contributed by atoms with Crippen LogP contribution in [0.3, 0.4) is 0 Å². The van der Waals surface area contributed by atoms with Crippen LogP contribution >= 0.6 is 0 Å². The van der Waals surface area contributed by atoms with Crippen LogP contribution in [-0.4, -0.2) is 21.3 Å². The molecule has 1 atom stereocenters. The molecule has 0 spiro atoms. The monoisotopic (exact) mass is 261 g/mol. The Kier molecular flexibility index (Phi) is 5.74. The van der Waals surface area contributed by atoms with Gasteiger partial charge in [0.25, 0.3) is 0 Å². The van der Waals surface area contributed by atoms with Crippen molar-refractivity contribution in [2.75, 3.05) is 21.3 Å². The Labute approximate surface area is 114 Å². The molecule has 1 rings (SSSR count). The molecule has 0 radical (unpaired) electrons. The summed E-state index contributed by atoms with van der Waals surface area (Å²) in [6.45, 7) is 3.66. The maximum atomic E-state index is 9.09. The Morgan fingerprint density at radius 1 is 1.21 bits per heavy atom. The van der Waals surface area contributed by atoms with Gasteiger partial charge in [-0.3, -0.25) is 0 Å². The Hall–Kier alpha value is -2.15. The van der Waals surface area contributed by atoms with E-state index in [0.29, 0.717) is 30.1 Å². The van der Waals surface area contributed by atoms with Gasteiger partial charge in [0.05, 0.1) is 33.3 Å². The molecule has 1 aromatic carbocycles. The van der Waals surface area contributed by atoms with Crippen molar-refractivity contribution >= 4 is 0 Å². The number of rotatable bonds is 7. The van der Waals surface area contributed by atoms with E-state index < -0.39 is 0 Å². The third-order valence-electron chi connectivity index (χ3n) is 2.84. The fourth-order valence-corrected chi connectivity index (χ4v) is 1.92. The van der Waals surface area contributed by atoms with Crippen molar-refractivity contribution in [2.45, 2.75) is 12.8 Å². The largest absolute Gasteiger partial charge is 0.493 e. The van der Waals surface area contributed by atoms with Crippen LogP contribution in [0.15, 0.2) is 24.8 Å². The zero-order valence-corrected chi connectivity index (χ0v) is 11.6. The van der Waals surface area contributed by atoms with Crippen LogP contribution in [0.1, 0.15) is 12.0 Å². The van der Waals surface area contributed by atoms with Crippen molar-refractivity contribution in [2.24, 2.45) is 5.92 Å². The number of nitrogens with zero attached hydrogens (tertiary/aromatic N) is 1. The van der Waals surface area contributed by atoms with Gasteiger partial charge in [-0.05, 0) is 30.5 Å². The van der Waals surface area contributed by atoms with Crippen LogP contribution in [0, 0.1) is 17.2 Å². The lowest BCUT2D eigenvalue weighted by molar-refractivity contribution is 0.323. The number of hydrogen-bond acceptors (Lipinski definition) is 4. The van der Waals surface area contributed by atoms with E-state index in [1.807, 2.05) is 12.1 Å². The minimum atomic E-state index is -0.0969. The smallest absolute Gasteiger partial charge is 0.203 e. The molecule has 0 aliphatic rings. The Balaban J connectivity index is 3.09. The molecule has 0 fully saturated rings. The fourth-order valence-electron chi connectivity index (χ4n) is 1.92. The van der Waals surface area contributed by atoms with Crippen molar-refractivity contribution in [3.63, 3.8) is 0 Å². The van der Waals surface area contributed by atoms with Crippen LogP contribution in [0.2, 0.25) is 0 Å². The second kappa shape index (κ2) is 7.32. The first-order valence-corrected chi connectivity index (χ1v) is 5.99. The molecule has 0 N–H and O–H groups in total. The highest BCUT2D eigenvalue weighted by molar-refractivity contribution is 5.54. The van der Waals surface area contributed by atoms with E-state index in [1.54, 1.807) is 27.4 Å². The molecule has 0 bridgehead atoms. The highest BCUT2D eigenvalue weighted by Crippen LogP contribution is 2.38. The van der Waals surface area contributed by atoms with E-state index in [9.17, 15) is 0 Å². The van der Waals surface area contributed by atoms with Crippen LogP contribution in [-0.2, 0) is 6.42 Å². The lowest BCUT2D eigenvalue weighted by Crippen LogP contribution is -2.03. The lowest BCUT2D eigenvalue weighted by Gasteiger charge is -2.15. The first kappa shape index (κ1) is 14.9. The van der Waals surface area contributed by atoms with Gasteiger partial charge < -0.3 is 14.2 Å². The number of allylic oxidation sites excluding steroid dienone is 1. The Morgan fingerprint density at radius 2 is 1.79 bits per heavy atom. The van der Waals surface area contributed by atoms with Crippen molar-refractivity contribution in [3.8, 4) is 23.3 Å². The summed E-state index contributed by atoms with van der Waals surface area (Å²) in [7, 11) is 4.72. The van der Waals surface area contributed by atoms with E-state index in [0.717, 1.165) is 5.56 Å². The quantitative estimate of drug-likeness (QED) is 0.708. The molecule has 4 nitrogen and oxygen atoms in total.